The molecule has 1 heterocycles. The van der Waals surface area contributed by atoms with Gasteiger partial charge in [-0.3, -0.25) is 0 Å². The van der Waals surface area contributed by atoms with Crippen molar-refractivity contribution in [3.8, 4) is 0 Å². The predicted octanol–water partition coefficient (Wildman–Crippen LogP) is 2.98. The molecule has 2 unspecified atom stereocenters. The molecule has 3 N–H and O–H groups in total. The highest BCUT2D eigenvalue weighted by atomic mass is 16.4. The summed E-state index contributed by atoms with van der Waals surface area (Å²) in [4.78, 5) is 13.5. The van der Waals surface area contributed by atoms with Crippen molar-refractivity contribution in [1.82, 2.24) is 0 Å². The van der Waals surface area contributed by atoms with E-state index in [1.54, 1.807) is 12.1 Å². The fourth-order valence-electron chi connectivity index (χ4n) is 2.78. The van der Waals surface area contributed by atoms with Gasteiger partial charge in [-0.05, 0) is 43.9 Å². The van der Waals surface area contributed by atoms with Crippen molar-refractivity contribution in [3.05, 3.63) is 23.8 Å². The summed E-state index contributed by atoms with van der Waals surface area (Å²) in [5.74, 6) is -0.266. The minimum atomic E-state index is -0.962. The molecular formula is C15H22N2O2. The number of piperidine rings is 1. The van der Waals surface area contributed by atoms with Crippen molar-refractivity contribution < 1.29 is 9.90 Å². The fraction of sp³-hybridized carbons (Fsp3) is 0.533. The molecule has 19 heavy (non-hydrogen) atoms. The normalized spacial score (nSPS) is 23.4. The van der Waals surface area contributed by atoms with Crippen LogP contribution in [0.4, 0.5) is 11.4 Å². The van der Waals surface area contributed by atoms with Gasteiger partial charge >= 0.3 is 5.97 Å². The van der Waals surface area contributed by atoms with Crippen molar-refractivity contribution in [1.29, 1.82) is 0 Å². The number of anilines is 2. The molecule has 4 nitrogen and oxygen atoms in total. The number of carboxylic acid groups (broad SMARTS) is 1. The first-order chi connectivity index (χ1) is 9.02. The molecule has 1 fully saturated rings. The van der Waals surface area contributed by atoms with E-state index in [1.165, 1.54) is 12.8 Å². The van der Waals surface area contributed by atoms with Crippen LogP contribution in [0.2, 0.25) is 0 Å². The van der Waals surface area contributed by atoms with Crippen LogP contribution in [0.15, 0.2) is 18.2 Å². The summed E-state index contributed by atoms with van der Waals surface area (Å²) in [5.41, 5.74) is 7.20. The molecule has 0 amide bonds. The van der Waals surface area contributed by atoms with Crippen LogP contribution in [0.5, 0.6) is 0 Å². The zero-order chi connectivity index (χ0) is 14.0. The molecule has 0 aromatic heterocycles. The Labute approximate surface area is 114 Å². The average Bonchev–Trinajstić information content (AvgIpc) is 2.40. The van der Waals surface area contributed by atoms with Gasteiger partial charge in [0.15, 0.2) is 0 Å². The lowest BCUT2D eigenvalue weighted by atomic mass is 9.91. The van der Waals surface area contributed by atoms with Crippen LogP contribution in [-0.4, -0.2) is 23.7 Å². The maximum absolute atomic E-state index is 11.2. The number of hydrogen-bond donors (Lipinski definition) is 2. The quantitative estimate of drug-likeness (QED) is 0.822. The topological polar surface area (TPSA) is 66.6 Å². The predicted molar refractivity (Wildman–Crippen MR) is 77.6 cm³/mol. The highest BCUT2D eigenvalue weighted by molar-refractivity contribution is 5.94. The Morgan fingerprint density at radius 2 is 2.21 bits per heavy atom. The number of hydrogen-bond acceptors (Lipinski definition) is 3. The summed E-state index contributed by atoms with van der Waals surface area (Å²) < 4.78 is 0. The van der Waals surface area contributed by atoms with Gasteiger partial charge in [-0.2, -0.15) is 0 Å². The average molecular weight is 262 g/mol. The summed E-state index contributed by atoms with van der Waals surface area (Å²) in [7, 11) is 0. The molecular weight excluding hydrogens is 240 g/mol. The molecule has 0 saturated carbocycles. The summed E-state index contributed by atoms with van der Waals surface area (Å²) in [5, 5.41) is 9.15. The van der Waals surface area contributed by atoms with Crippen molar-refractivity contribution in [2.24, 2.45) is 5.92 Å². The maximum atomic E-state index is 11.2. The Kier molecular flexibility index (Phi) is 3.98. The fourth-order valence-corrected chi connectivity index (χ4v) is 2.78. The van der Waals surface area contributed by atoms with Crippen LogP contribution in [0, 0.1) is 5.92 Å². The zero-order valence-electron chi connectivity index (χ0n) is 11.6. The number of nitrogen functional groups attached to an aromatic ring is 1. The van der Waals surface area contributed by atoms with Gasteiger partial charge in [-0.15, -0.1) is 0 Å². The minimum absolute atomic E-state index is 0.198. The molecule has 1 aliphatic rings. The molecule has 0 spiro atoms. The molecule has 0 radical (unpaired) electrons. The first-order valence-corrected chi connectivity index (χ1v) is 6.92. The number of nitrogens with zero attached hydrogens (tertiary/aromatic N) is 1. The highest BCUT2D eigenvalue weighted by Crippen LogP contribution is 2.30. The first-order valence-electron chi connectivity index (χ1n) is 6.92. The Morgan fingerprint density at radius 1 is 1.47 bits per heavy atom. The molecule has 1 saturated heterocycles. The van der Waals surface area contributed by atoms with Crippen LogP contribution in [0.3, 0.4) is 0 Å². The van der Waals surface area contributed by atoms with Crippen molar-refractivity contribution >= 4 is 17.3 Å². The Bertz CT molecular complexity index is 473. The second-order valence-electron chi connectivity index (χ2n) is 5.43. The van der Waals surface area contributed by atoms with E-state index in [-0.39, 0.29) is 5.56 Å². The van der Waals surface area contributed by atoms with E-state index in [0.717, 1.165) is 18.7 Å². The highest BCUT2D eigenvalue weighted by Gasteiger charge is 2.25. The van der Waals surface area contributed by atoms with Gasteiger partial charge in [0.2, 0.25) is 0 Å². The van der Waals surface area contributed by atoms with Gasteiger partial charge in [0.05, 0.1) is 5.56 Å². The van der Waals surface area contributed by atoms with Crippen LogP contribution < -0.4 is 10.6 Å². The van der Waals surface area contributed by atoms with E-state index in [0.29, 0.717) is 17.6 Å². The summed E-state index contributed by atoms with van der Waals surface area (Å²) in [6.07, 6.45) is 3.59. The lowest BCUT2D eigenvalue weighted by molar-refractivity contribution is 0.0698. The Morgan fingerprint density at radius 3 is 2.84 bits per heavy atom. The second-order valence-corrected chi connectivity index (χ2v) is 5.43. The van der Waals surface area contributed by atoms with Crippen molar-refractivity contribution in [2.45, 2.75) is 39.2 Å². The van der Waals surface area contributed by atoms with E-state index in [9.17, 15) is 4.79 Å². The van der Waals surface area contributed by atoms with Crippen molar-refractivity contribution in [3.63, 3.8) is 0 Å². The van der Waals surface area contributed by atoms with E-state index < -0.39 is 5.97 Å². The molecule has 2 atom stereocenters. The van der Waals surface area contributed by atoms with Gasteiger partial charge in [-0.25, -0.2) is 4.79 Å². The lowest BCUT2D eigenvalue weighted by Crippen LogP contribution is -2.41. The van der Waals surface area contributed by atoms with Crippen molar-refractivity contribution in [2.75, 3.05) is 17.2 Å². The number of carbonyl (C=O) groups is 1. The third kappa shape index (κ3) is 2.83. The number of rotatable bonds is 3. The summed E-state index contributed by atoms with van der Waals surface area (Å²) in [6.45, 7) is 5.41. The minimum Gasteiger partial charge on any atom is -0.478 e. The molecule has 4 heteroatoms. The smallest absolute Gasteiger partial charge is 0.337 e. The van der Waals surface area contributed by atoms with E-state index in [2.05, 4.69) is 18.7 Å². The summed E-state index contributed by atoms with van der Waals surface area (Å²) in [6, 6.07) is 5.77. The van der Waals surface area contributed by atoms with E-state index >= 15 is 0 Å². The monoisotopic (exact) mass is 262 g/mol. The third-order valence-electron chi connectivity index (χ3n) is 4.16. The summed E-state index contributed by atoms with van der Waals surface area (Å²) >= 11 is 0. The van der Waals surface area contributed by atoms with Crippen LogP contribution in [0.25, 0.3) is 0 Å². The van der Waals surface area contributed by atoms with Gasteiger partial charge in [0.1, 0.15) is 0 Å². The molecule has 0 bridgehead atoms. The molecule has 2 rings (SSSR count). The number of nitrogens with two attached hydrogens (primary N) is 1. The van der Waals surface area contributed by atoms with Crippen LogP contribution in [-0.2, 0) is 0 Å². The Balaban J connectivity index is 2.29. The number of carboxylic acids is 1. The molecule has 0 aliphatic carbocycles. The van der Waals surface area contributed by atoms with Gasteiger partial charge in [0.25, 0.3) is 0 Å². The third-order valence-corrected chi connectivity index (χ3v) is 4.16. The van der Waals surface area contributed by atoms with Gasteiger partial charge < -0.3 is 15.7 Å². The maximum Gasteiger partial charge on any atom is 0.337 e. The molecule has 1 aromatic carbocycles. The molecule has 1 aliphatic heterocycles. The van der Waals surface area contributed by atoms with E-state index in [4.69, 9.17) is 10.8 Å². The van der Waals surface area contributed by atoms with Gasteiger partial charge in [-0.1, -0.05) is 13.3 Å². The number of benzene rings is 1. The Hall–Kier alpha value is -1.71. The standard InChI is InChI=1S/C15H22N2O2/c1-3-11-5-4-10(2)17(9-11)12-6-7-14(16)13(8-12)15(18)19/h6-8,10-11H,3-5,9,16H2,1-2H3,(H,18,19). The van der Waals surface area contributed by atoms with Gasteiger partial charge in [0, 0.05) is 24.0 Å². The molecule has 104 valence electrons. The zero-order valence-corrected chi connectivity index (χ0v) is 11.6. The lowest BCUT2D eigenvalue weighted by Gasteiger charge is -2.39. The second kappa shape index (κ2) is 5.51. The largest absolute Gasteiger partial charge is 0.478 e. The van der Waals surface area contributed by atoms with Crippen LogP contribution >= 0.6 is 0 Å². The number of aromatic carboxylic acids is 1. The van der Waals surface area contributed by atoms with E-state index in [1.807, 2.05) is 6.07 Å². The SMILES string of the molecule is CCC1CCC(C)N(c2ccc(N)c(C(=O)O)c2)C1. The first kappa shape index (κ1) is 13.7. The van der Waals surface area contributed by atoms with Crippen LogP contribution in [0.1, 0.15) is 43.5 Å². The molecule has 1 aromatic rings.